The fourth-order valence-corrected chi connectivity index (χ4v) is 3.94. The fraction of sp³-hybridized carbons (Fsp3) is 0.217. The molecule has 0 aliphatic carbocycles. The van der Waals surface area contributed by atoms with E-state index in [1.54, 1.807) is 12.4 Å². The van der Waals surface area contributed by atoms with Gasteiger partial charge in [0.15, 0.2) is 0 Å². The summed E-state index contributed by atoms with van der Waals surface area (Å²) in [6, 6.07) is 15.7. The molecule has 1 amide bonds. The Balaban J connectivity index is 1.26. The molecule has 5 rings (SSSR count). The first-order chi connectivity index (χ1) is 15.2. The molecule has 3 aromatic heterocycles. The van der Waals surface area contributed by atoms with Gasteiger partial charge in [-0.1, -0.05) is 30.3 Å². The van der Waals surface area contributed by atoms with Crippen LogP contribution in [0.25, 0.3) is 22.8 Å². The third kappa shape index (κ3) is 3.79. The minimum atomic E-state index is -0.120. The van der Waals surface area contributed by atoms with Crippen LogP contribution < -0.4 is 10.2 Å². The number of benzene rings is 1. The van der Waals surface area contributed by atoms with E-state index < -0.39 is 0 Å². The lowest BCUT2D eigenvalue weighted by Crippen LogP contribution is -2.38. The average molecular weight is 413 g/mol. The minimum Gasteiger partial charge on any atom is -0.360 e. The van der Waals surface area contributed by atoms with Crippen molar-refractivity contribution in [2.75, 3.05) is 18.0 Å². The lowest BCUT2D eigenvalue weighted by atomic mass is 10.2. The van der Waals surface area contributed by atoms with E-state index in [9.17, 15) is 4.79 Å². The summed E-state index contributed by atoms with van der Waals surface area (Å²) in [6.45, 7) is 1.46. The predicted molar refractivity (Wildman–Crippen MR) is 119 cm³/mol. The molecule has 4 heterocycles. The van der Waals surface area contributed by atoms with Crippen LogP contribution in [0.5, 0.6) is 0 Å². The fourth-order valence-electron chi connectivity index (χ4n) is 3.94. The molecular formula is C23H23N7O. The molecule has 1 saturated heterocycles. The monoisotopic (exact) mass is 413 g/mol. The smallest absolute Gasteiger partial charge is 0.269 e. The van der Waals surface area contributed by atoms with Crippen LogP contribution >= 0.6 is 0 Å². The van der Waals surface area contributed by atoms with Crippen LogP contribution in [-0.4, -0.2) is 49.5 Å². The molecule has 31 heavy (non-hydrogen) atoms. The Morgan fingerprint density at radius 2 is 2.00 bits per heavy atom. The lowest BCUT2D eigenvalue weighted by Gasteiger charge is -2.17. The molecule has 4 aromatic rings. The van der Waals surface area contributed by atoms with E-state index in [2.05, 4.69) is 30.2 Å². The lowest BCUT2D eigenvalue weighted by molar-refractivity contribution is 0.0932. The highest BCUT2D eigenvalue weighted by Crippen LogP contribution is 2.21. The normalized spacial score (nSPS) is 15.9. The van der Waals surface area contributed by atoms with Gasteiger partial charge in [-0.05, 0) is 24.6 Å². The van der Waals surface area contributed by atoms with Gasteiger partial charge in [0.25, 0.3) is 5.91 Å². The molecule has 1 atom stereocenters. The quantitative estimate of drug-likeness (QED) is 0.525. The molecule has 1 aromatic carbocycles. The Morgan fingerprint density at radius 3 is 2.81 bits per heavy atom. The molecule has 1 aliphatic rings. The summed E-state index contributed by atoms with van der Waals surface area (Å²) >= 11 is 0. The van der Waals surface area contributed by atoms with Gasteiger partial charge in [0, 0.05) is 44.1 Å². The maximum atomic E-state index is 12.9. The number of rotatable bonds is 5. The summed E-state index contributed by atoms with van der Waals surface area (Å²) in [6.07, 6.45) is 6.11. The van der Waals surface area contributed by atoms with Crippen LogP contribution in [0, 0.1) is 0 Å². The van der Waals surface area contributed by atoms with Crippen molar-refractivity contribution < 1.29 is 4.79 Å². The molecule has 8 nitrogen and oxygen atoms in total. The van der Waals surface area contributed by atoms with Gasteiger partial charge < -0.3 is 19.8 Å². The van der Waals surface area contributed by atoms with Crippen molar-refractivity contribution in [3.8, 4) is 22.8 Å². The molecule has 2 N–H and O–H groups in total. The van der Waals surface area contributed by atoms with E-state index in [1.165, 1.54) is 0 Å². The van der Waals surface area contributed by atoms with Gasteiger partial charge in [0.2, 0.25) is 5.95 Å². The highest BCUT2D eigenvalue weighted by atomic mass is 16.2. The van der Waals surface area contributed by atoms with Gasteiger partial charge in [0.05, 0.1) is 17.6 Å². The molecule has 8 heteroatoms. The van der Waals surface area contributed by atoms with Crippen LogP contribution in [-0.2, 0) is 7.05 Å². The second-order valence-electron chi connectivity index (χ2n) is 7.62. The number of hydrogen-bond donors (Lipinski definition) is 2. The zero-order chi connectivity index (χ0) is 21.2. The number of aromatic nitrogens is 5. The number of amides is 1. The number of nitrogens with one attached hydrogen (secondary N) is 2. The van der Waals surface area contributed by atoms with E-state index in [1.807, 2.05) is 66.3 Å². The average Bonchev–Trinajstić information content (AvgIpc) is 3.56. The first kappa shape index (κ1) is 19.0. The van der Waals surface area contributed by atoms with E-state index in [0.29, 0.717) is 18.2 Å². The molecule has 0 spiro atoms. The summed E-state index contributed by atoms with van der Waals surface area (Å²) in [5, 5.41) is 3.14. The van der Waals surface area contributed by atoms with E-state index in [4.69, 9.17) is 0 Å². The molecule has 0 saturated carbocycles. The number of nitrogens with zero attached hydrogens (tertiary/aromatic N) is 5. The standard InChI is InChI=1S/C23H23N7O/c1-29-20(14-26-21(29)16-6-3-2-4-7-16)22(31)27-17-10-13-30(15-17)23-25-12-9-19(28-23)18-8-5-11-24-18/h2-9,11-12,14,17,24H,10,13,15H2,1H3,(H,27,31). The topological polar surface area (TPSA) is 91.7 Å². The first-order valence-electron chi connectivity index (χ1n) is 10.3. The largest absolute Gasteiger partial charge is 0.360 e. The van der Waals surface area contributed by atoms with Crippen molar-refractivity contribution in [2.45, 2.75) is 12.5 Å². The second kappa shape index (κ2) is 8.06. The third-order valence-corrected chi connectivity index (χ3v) is 5.58. The Morgan fingerprint density at radius 1 is 1.13 bits per heavy atom. The highest BCUT2D eigenvalue weighted by Gasteiger charge is 2.27. The summed E-state index contributed by atoms with van der Waals surface area (Å²) in [4.78, 5) is 31.7. The zero-order valence-corrected chi connectivity index (χ0v) is 17.2. The number of hydrogen-bond acceptors (Lipinski definition) is 5. The van der Waals surface area contributed by atoms with Crippen LogP contribution in [0.2, 0.25) is 0 Å². The number of aromatic amines is 1. The predicted octanol–water partition coefficient (Wildman–Crippen LogP) is 2.88. The van der Waals surface area contributed by atoms with Crippen molar-refractivity contribution in [3.05, 3.63) is 72.8 Å². The molecule has 0 bridgehead atoms. The van der Waals surface area contributed by atoms with Crippen LogP contribution in [0.3, 0.4) is 0 Å². The zero-order valence-electron chi connectivity index (χ0n) is 17.2. The van der Waals surface area contributed by atoms with Crippen LogP contribution in [0.1, 0.15) is 16.9 Å². The number of imidazole rings is 1. The second-order valence-corrected chi connectivity index (χ2v) is 7.62. The summed E-state index contributed by atoms with van der Waals surface area (Å²) in [5.41, 5.74) is 3.33. The number of carbonyl (C=O) groups excluding carboxylic acids is 1. The summed E-state index contributed by atoms with van der Waals surface area (Å²) in [7, 11) is 1.87. The van der Waals surface area contributed by atoms with Crippen LogP contribution in [0.15, 0.2) is 67.1 Å². The van der Waals surface area contributed by atoms with Crippen molar-refractivity contribution in [1.82, 2.24) is 29.8 Å². The summed E-state index contributed by atoms with van der Waals surface area (Å²) in [5.74, 6) is 1.33. The van der Waals surface area contributed by atoms with E-state index >= 15 is 0 Å². The van der Waals surface area contributed by atoms with Gasteiger partial charge in [-0.25, -0.2) is 15.0 Å². The van der Waals surface area contributed by atoms with Gasteiger partial charge in [-0.15, -0.1) is 0 Å². The molecule has 1 fully saturated rings. The van der Waals surface area contributed by atoms with Gasteiger partial charge in [-0.2, -0.15) is 0 Å². The van der Waals surface area contributed by atoms with Crippen molar-refractivity contribution >= 4 is 11.9 Å². The van der Waals surface area contributed by atoms with Gasteiger partial charge >= 0.3 is 0 Å². The van der Waals surface area contributed by atoms with E-state index in [-0.39, 0.29) is 11.9 Å². The SMILES string of the molecule is Cn1c(C(=O)NC2CCN(c3nccc(-c4ccc[nH]4)n3)C2)cnc1-c1ccccc1. The van der Waals surface area contributed by atoms with Gasteiger partial charge in [0.1, 0.15) is 11.5 Å². The maximum absolute atomic E-state index is 12.9. The first-order valence-corrected chi connectivity index (χ1v) is 10.3. The van der Waals surface area contributed by atoms with Crippen molar-refractivity contribution in [2.24, 2.45) is 7.05 Å². The molecule has 0 radical (unpaired) electrons. The molecule has 1 aliphatic heterocycles. The number of carbonyl (C=O) groups is 1. The Bertz CT molecular complexity index is 1180. The highest BCUT2D eigenvalue weighted by molar-refractivity contribution is 5.93. The van der Waals surface area contributed by atoms with Crippen LogP contribution in [0.4, 0.5) is 5.95 Å². The number of H-pyrrole nitrogens is 1. The Kier molecular flexibility index (Phi) is 4.95. The minimum absolute atomic E-state index is 0.0281. The van der Waals surface area contributed by atoms with Crippen molar-refractivity contribution in [1.29, 1.82) is 0 Å². The summed E-state index contributed by atoms with van der Waals surface area (Å²) < 4.78 is 1.83. The Hall–Kier alpha value is -3.94. The molecular weight excluding hydrogens is 390 g/mol. The molecule has 1 unspecified atom stereocenters. The van der Waals surface area contributed by atoms with Gasteiger partial charge in [-0.3, -0.25) is 4.79 Å². The van der Waals surface area contributed by atoms with E-state index in [0.717, 1.165) is 35.7 Å². The third-order valence-electron chi connectivity index (χ3n) is 5.58. The van der Waals surface area contributed by atoms with Crippen molar-refractivity contribution in [3.63, 3.8) is 0 Å². The number of anilines is 1. The maximum Gasteiger partial charge on any atom is 0.269 e. The Labute approximate surface area is 180 Å². The molecule has 156 valence electrons.